The summed E-state index contributed by atoms with van der Waals surface area (Å²) in [5, 5.41) is 13.8. The van der Waals surface area contributed by atoms with Gasteiger partial charge in [-0.2, -0.15) is 0 Å². The number of amides is 2. The Kier molecular flexibility index (Phi) is 6.88. The molecule has 1 aromatic carbocycles. The summed E-state index contributed by atoms with van der Waals surface area (Å²) in [5.41, 5.74) is 3.75. The summed E-state index contributed by atoms with van der Waals surface area (Å²) in [6, 6.07) is 10.9. The molecule has 0 spiro atoms. The Bertz CT molecular complexity index is 1280. The van der Waals surface area contributed by atoms with Crippen molar-refractivity contribution in [2.45, 2.75) is 38.1 Å². The van der Waals surface area contributed by atoms with Gasteiger partial charge in [0.05, 0.1) is 25.1 Å². The monoisotopic (exact) mass is 489 g/mol. The molecule has 0 radical (unpaired) electrons. The number of aromatic nitrogens is 2. The van der Waals surface area contributed by atoms with Crippen molar-refractivity contribution in [3.05, 3.63) is 59.4 Å². The zero-order chi connectivity index (χ0) is 25.1. The van der Waals surface area contributed by atoms with Crippen LogP contribution in [0, 0.1) is 0 Å². The minimum Gasteiger partial charge on any atom is -0.496 e. The lowest BCUT2D eigenvalue weighted by Gasteiger charge is -2.27. The molecule has 0 saturated carbocycles. The van der Waals surface area contributed by atoms with Crippen LogP contribution in [0.15, 0.2) is 42.6 Å². The third-order valence-corrected chi connectivity index (χ3v) is 7.02. The molecule has 1 unspecified atom stereocenters. The van der Waals surface area contributed by atoms with E-state index in [1.54, 1.807) is 24.3 Å². The van der Waals surface area contributed by atoms with Gasteiger partial charge in [-0.1, -0.05) is 12.1 Å². The number of methoxy groups -OCH3 is 1. The Labute approximate surface area is 210 Å². The summed E-state index contributed by atoms with van der Waals surface area (Å²) >= 11 is 0. The third kappa shape index (κ3) is 4.91. The maximum atomic E-state index is 13.3. The lowest BCUT2D eigenvalue weighted by molar-refractivity contribution is -0.138. The molecule has 9 heteroatoms. The molecule has 2 aromatic heterocycles. The summed E-state index contributed by atoms with van der Waals surface area (Å²) < 4.78 is 5.41. The number of carboxylic acids is 1. The van der Waals surface area contributed by atoms with Crippen LogP contribution in [0.3, 0.4) is 0 Å². The van der Waals surface area contributed by atoms with Crippen molar-refractivity contribution in [1.82, 2.24) is 19.8 Å². The number of nitrogens with zero attached hydrogens (tertiary/aromatic N) is 4. The van der Waals surface area contributed by atoms with E-state index >= 15 is 0 Å². The van der Waals surface area contributed by atoms with Crippen LogP contribution in [0.5, 0.6) is 5.75 Å². The van der Waals surface area contributed by atoms with E-state index in [1.165, 1.54) is 5.56 Å². The number of carbonyl (C=O) groups is 2. The fraction of sp³-hybridized carbons (Fsp3) is 0.407. The average Bonchev–Trinajstić information content (AvgIpc) is 3.26. The highest BCUT2D eigenvalue weighted by Crippen LogP contribution is 2.32. The van der Waals surface area contributed by atoms with Crippen LogP contribution in [0.2, 0.25) is 0 Å². The van der Waals surface area contributed by atoms with Gasteiger partial charge in [0.1, 0.15) is 11.6 Å². The average molecular weight is 490 g/mol. The van der Waals surface area contributed by atoms with Gasteiger partial charge >= 0.3 is 12.0 Å². The lowest BCUT2D eigenvalue weighted by atomic mass is 10.00. The summed E-state index contributed by atoms with van der Waals surface area (Å²) in [4.78, 5) is 37.7. The van der Waals surface area contributed by atoms with E-state index in [-0.39, 0.29) is 12.5 Å². The quantitative estimate of drug-likeness (QED) is 0.470. The van der Waals surface area contributed by atoms with E-state index in [9.17, 15) is 14.7 Å². The molecule has 3 aromatic rings. The highest BCUT2D eigenvalue weighted by atomic mass is 16.5. The second kappa shape index (κ2) is 10.4. The first kappa shape index (κ1) is 23.8. The number of anilines is 1. The van der Waals surface area contributed by atoms with Crippen molar-refractivity contribution < 1.29 is 19.4 Å². The van der Waals surface area contributed by atoms with Crippen LogP contribution < -0.4 is 10.1 Å². The van der Waals surface area contributed by atoms with Crippen LogP contribution in [-0.4, -0.2) is 70.2 Å². The molecule has 2 aliphatic heterocycles. The lowest BCUT2D eigenvalue weighted by Crippen LogP contribution is -2.36. The first-order chi connectivity index (χ1) is 17.5. The molecule has 1 fully saturated rings. The van der Waals surface area contributed by atoms with Gasteiger partial charge in [0.15, 0.2) is 0 Å². The van der Waals surface area contributed by atoms with Gasteiger partial charge in [0, 0.05) is 43.5 Å². The van der Waals surface area contributed by atoms with Crippen molar-refractivity contribution in [2.75, 3.05) is 38.6 Å². The van der Waals surface area contributed by atoms with Crippen molar-refractivity contribution >= 4 is 28.7 Å². The van der Waals surface area contributed by atoms with E-state index in [2.05, 4.69) is 22.4 Å². The van der Waals surface area contributed by atoms with Gasteiger partial charge in [-0.25, -0.2) is 9.78 Å². The molecule has 1 saturated heterocycles. The molecule has 4 heterocycles. The molecule has 0 aliphatic carbocycles. The number of benzene rings is 1. The topological polar surface area (TPSA) is 108 Å². The highest BCUT2D eigenvalue weighted by Gasteiger charge is 2.35. The SMILES string of the molecule is COc1ccnc2cc(C(CC(=O)O)N3CCN(CCCc4ccc5c(n4)NCCC5)C3=O)ccc12. The summed E-state index contributed by atoms with van der Waals surface area (Å²) in [5.74, 6) is 0.743. The van der Waals surface area contributed by atoms with Gasteiger partial charge in [-0.15, -0.1) is 0 Å². The fourth-order valence-electron chi connectivity index (χ4n) is 5.15. The van der Waals surface area contributed by atoms with Gasteiger partial charge in [0.2, 0.25) is 0 Å². The summed E-state index contributed by atoms with van der Waals surface area (Å²) in [6.45, 7) is 2.63. The number of aryl methyl sites for hydroxylation is 2. The predicted octanol–water partition coefficient (Wildman–Crippen LogP) is 3.88. The number of fused-ring (bicyclic) bond motifs is 2. The Morgan fingerprint density at radius 1 is 1.22 bits per heavy atom. The number of hydrogen-bond donors (Lipinski definition) is 2. The van der Waals surface area contributed by atoms with Gasteiger partial charge in [-0.3, -0.25) is 9.78 Å². The molecular weight excluding hydrogens is 458 g/mol. The maximum absolute atomic E-state index is 13.3. The standard InChI is InChI=1S/C27H31N5O4/c1-36-24-10-12-28-22-16-19(7-9-21(22)24)23(17-25(33)34)32-15-14-31(27(32)35)13-3-5-20-8-6-18-4-2-11-29-26(18)30-20/h6-10,12,16,23H,2-5,11,13-15,17H2,1H3,(H,29,30)(H,33,34). The summed E-state index contributed by atoms with van der Waals surface area (Å²) in [6.07, 6.45) is 5.28. The molecule has 1 atom stereocenters. The Morgan fingerprint density at radius 3 is 2.94 bits per heavy atom. The number of carbonyl (C=O) groups excluding carboxylic acids is 1. The number of rotatable bonds is 9. The zero-order valence-electron chi connectivity index (χ0n) is 20.4. The second-order valence-electron chi connectivity index (χ2n) is 9.31. The number of pyridine rings is 2. The van der Waals surface area contributed by atoms with E-state index in [0.717, 1.165) is 54.7 Å². The minimum atomic E-state index is -0.947. The largest absolute Gasteiger partial charge is 0.496 e. The van der Waals surface area contributed by atoms with Gasteiger partial charge < -0.3 is 25.0 Å². The van der Waals surface area contributed by atoms with Crippen LogP contribution in [-0.2, 0) is 17.6 Å². The predicted molar refractivity (Wildman–Crippen MR) is 136 cm³/mol. The van der Waals surface area contributed by atoms with Crippen LogP contribution >= 0.6 is 0 Å². The van der Waals surface area contributed by atoms with Crippen molar-refractivity contribution in [2.24, 2.45) is 0 Å². The van der Waals surface area contributed by atoms with Gasteiger partial charge in [0.25, 0.3) is 0 Å². The second-order valence-corrected chi connectivity index (χ2v) is 9.31. The normalized spacial score (nSPS) is 16.1. The first-order valence-corrected chi connectivity index (χ1v) is 12.5. The van der Waals surface area contributed by atoms with Crippen molar-refractivity contribution in [3.63, 3.8) is 0 Å². The molecule has 9 nitrogen and oxygen atoms in total. The highest BCUT2D eigenvalue weighted by molar-refractivity contribution is 5.86. The van der Waals surface area contributed by atoms with E-state index in [0.29, 0.717) is 30.9 Å². The van der Waals surface area contributed by atoms with Crippen molar-refractivity contribution in [3.8, 4) is 5.75 Å². The molecule has 5 rings (SSSR count). The molecule has 2 N–H and O–H groups in total. The number of nitrogens with one attached hydrogen (secondary N) is 1. The van der Waals surface area contributed by atoms with Crippen LogP contribution in [0.4, 0.5) is 10.6 Å². The molecular formula is C27H31N5O4. The van der Waals surface area contributed by atoms with E-state index < -0.39 is 12.0 Å². The zero-order valence-corrected chi connectivity index (χ0v) is 20.4. The Hall–Kier alpha value is -3.88. The number of hydrogen-bond acceptors (Lipinski definition) is 6. The third-order valence-electron chi connectivity index (χ3n) is 7.02. The fourth-order valence-corrected chi connectivity index (χ4v) is 5.15. The molecule has 0 bridgehead atoms. The van der Waals surface area contributed by atoms with E-state index in [4.69, 9.17) is 9.72 Å². The van der Waals surface area contributed by atoms with Crippen LogP contribution in [0.1, 0.15) is 42.1 Å². The Balaban J connectivity index is 1.26. The summed E-state index contributed by atoms with van der Waals surface area (Å²) in [7, 11) is 1.60. The molecule has 2 aliphatic rings. The van der Waals surface area contributed by atoms with E-state index in [1.807, 2.05) is 23.1 Å². The van der Waals surface area contributed by atoms with Crippen LogP contribution in [0.25, 0.3) is 10.9 Å². The molecule has 188 valence electrons. The van der Waals surface area contributed by atoms with Gasteiger partial charge in [-0.05, 0) is 61.1 Å². The Morgan fingerprint density at radius 2 is 2.11 bits per heavy atom. The number of urea groups is 1. The molecule has 2 amide bonds. The molecule has 36 heavy (non-hydrogen) atoms. The number of carboxylic acid groups (broad SMARTS) is 1. The minimum absolute atomic E-state index is 0.125. The number of aliphatic carboxylic acids is 1. The smallest absolute Gasteiger partial charge is 0.320 e. The van der Waals surface area contributed by atoms with Crippen molar-refractivity contribution in [1.29, 1.82) is 0 Å². The maximum Gasteiger partial charge on any atom is 0.320 e. The first-order valence-electron chi connectivity index (χ1n) is 12.5. The number of ether oxygens (including phenoxy) is 1.